The molecule has 0 aromatic heterocycles. The number of aliphatic hydroxyl groups excluding tert-OH is 1. The molecule has 6 atom stereocenters. The molecule has 1 saturated heterocycles. The van der Waals surface area contributed by atoms with Crippen LogP contribution in [0.3, 0.4) is 0 Å². The van der Waals surface area contributed by atoms with Crippen LogP contribution in [-0.4, -0.2) is 82.3 Å². The number of carbonyl (C=O) groups is 1. The Labute approximate surface area is 276 Å². The first-order valence-electron chi connectivity index (χ1n) is 18.5. The standard InChI is InChI=1S/C37H71NO7/c1-6-8-10-12-13-14-15-16-17-18-19-20-21-23-25-27-33(39)38-34-36(35(40)32(30-41-3)45-37(34)43-5)44-29-28-31(42-4)26-24-22-11-9-7-2/h14-15,31-32,34-37,40H,6-13,16-30H2,1-5H3,(H,38,39)/b15-14-/t31?,32?,34-,35-,36?,37?/m1/s1. The van der Waals surface area contributed by atoms with E-state index in [0.717, 1.165) is 38.5 Å². The fourth-order valence-electron chi connectivity index (χ4n) is 6.08. The molecule has 1 amide bonds. The van der Waals surface area contributed by atoms with Crippen LogP contribution in [0.5, 0.6) is 0 Å². The van der Waals surface area contributed by atoms with Gasteiger partial charge in [0.05, 0.1) is 12.7 Å². The fraction of sp³-hybridized carbons (Fsp3) is 0.919. The summed E-state index contributed by atoms with van der Waals surface area (Å²) in [4.78, 5) is 13.0. The van der Waals surface area contributed by atoms with Gasteiger partial charge in [-0.2, -0.15) is 0 Å². The van der Waals surface area contributed by atoms with Crippen LogP contribution in [0.15, 0.2) is 12.2 Å². The summed E-state index contributed by atoms with van der Waals surface area (Å²) in [6.45, 7) is 5.09. The van der Waals surface area contributed by atoms with E-state index in [1.165, 1.54) is 89.9 Å². The number of carbonyl (C=O) groups excluding carboxylic acids is 1. The van der Waals surface area contributed by atoms with Crippen molar-refractivity contribution in [2.45, 2.75) is 185 Å². The van der Waals surface area contributed by atoms with E-state index in [9.17, 15) is 9.90 Å². The van der Waals surface area contributed by atoms with Gasteiger partial charge in [0.15, 0.2) is 6.29 Å². The molecular formula is C37H71NO7. The second-order valence-electron chi connectivity index (χ2n) is 12.8. The Bertz CT molecular complexity index is 706. The zero-order chi connectivity index (χ0) is 33.0. The molecule has 2 N–H and O–H groups in total. The maximum Gasteiger partial charge on any atom is 0.220 e. The van der Waals surface area contributed by atoms with Gasteiger partial charge in [-0.1, -0.05) is 109 Å². The minimum atomic E-state index is -0.960. The van der Waals surface area contributed by atoms with Crippen molar-refractivity contribution in [3.8, 4) is 0 Å². The minimum absolute atomic E-state index is 0.0695. The molecule has 266 valence electrons. The first kappa shape index (κ1) is 42.0. The van der Waals surface area contributed by atoms with Crippen LogP contribution in [0.1, 0.15) is 149 Å². The number of allylic oxidation sites excluding steroid dienone is 2. The Morgan fingerprint density at radius 1 is 0.800 bits per heavy atom. The van der Waals surface area contributed by atoms with E-state index in [0.29, 0.717) is 13.0 Å². The number of unbranched alkanes of at least 4 members (excludes halogenated alkanes) is 15. The lowest BCUT2D eigenvalue weighted by Gasteiger charge is -2.44. The number of hydrogen-bond donors (Lipinski definition) is 2. The van der Waals surface area contributed by atoms with Crippen LogP contribution < -0.4 is 5.32 Å². The average molecular weight is 642 g/mol. The lowest BCUT2D eigenvalue weighted by molar-refractivity contribution is -0.271. The number of methoxy groups -OCH3 is 3. The average Bonchev–Trinajstić information content (AvgIpc) is 3.04. The molecule has 4 unspecified atom stereocenters. The molecule has 1 rings (SSSR count). The summed E-state index contributed by atoms with van der Waals surface area (Å²) >= 11 is 0. The van der Waals surface area contributed by atoms with Gasteiger partial charge in [0, 0.05) is 34.4 Å². The van der Waals surface area contributed by atoms with Gasteiger partial charge in [-0.25, -0.2) is 0 Å². The molecule has 1 heterocycles. The summed E-state index contributed by atoms with van der Waals surface area (Å²) < 4.78 is 28.8. The van der Waals surface area contributed by atoms with Gasteiger partial charge >= 0.3 is 0 Å². The van der Waals surface area contributed by atoms with Crippen LogP contribution in [0.2, 0.25) is 0 Å². The van der Waals surface area contributed by atoms with E-state index < -0.39 is 30.6 Å². The first-order chi connectivity index (χ1) is 22.0. The highest BCUT2D eigenvalue weighted by Crippen LogP contribution is 2.26. The highest BCUT2D eigenvalue weighted by atomic mass is 16.7. The van der Waals surface area contributed by atoms with E-state index in [-0.39, 0.29) is 18.6 Å². The zero-order valence-electron chi connectivity index (χ0n) is 29.8. The van der Waals surface area contributed by atoms with E-state index in [1.807, 2.05) is 0 Å². The Morgan fingerprint density at radius 3 is 1.98 bits per heavy atom. The highest BCUT2D eigenvalue weighted by Gasteiger charge is 2.47. The van der Waals surface area contributed by atoms with Crippen LogP contribution in [0, 0.1) is 0 Å². The van der Waals surface area contributed by atoms with Crippen molar-refractivity contribution in [3.05, 3.63) is 12.2 Å². The third kappa shape index (κ3) is 20.1. The lowest BCUT2D eigenvalue weighted by atomic mass is 9.96. The third-order valence-corrected chi connectivity index (χ3v) is 8.94. The van der Waals surface area contributed by atoms with Gasteiger partial charge < -0.3 is 34.1 Å². The van der Waals surface area contributed by atoms with Crippen LogP contribution in [-0.2, 0) is 28.5 Å². The molecule has 1 fully saturated rings. The molecule has 1 aliphatic rings. The first-order valence-corrected chi connectivity index (χ1v) is 18.5. The number of amides is 1. The number of ether oxygens (including phenoxy) is 5. The summed E-state index contributed by atoms with van der Waals surface area (Å²) in [6.07, 6.45) is 25.9. The van der Waals surface area contributed by atoms with Crippen LogP contribution >= 0.6 is 0 Å². The van der Waals surface area contributed by atoms with Crippen molar-refractivity contribution in [1.82, 2.24) is 5.32 Å². The second-order valence-corrected chi connectivity index (χ2v) is 12.8. The Balaban J connectivity index is 2.42. The van der Waals surface area contributed by atoms with E-state index in [2.05, 4.69) is 31.3 Å². The van der Waals surface area contributed by atoms with Gasteiger partial charge in [-0.05, 0) is 44.9 Å². The highest BCUT2D eigenvalue weighted by molar-refractivity contribution is 5.76. The van der Waals surface area contributed by atoms with Gasteiger partial charge in [0.25, 0.3) is 0 Å². The molecule has 0 saturated carbocycles. The number of aliphatic hydroxyl groups is 1. The predicted octanol–water partition coefficient (Wildman–Crippen LogP) is 8.04. The Kier molecular flexibility index (Phi) is 27.2. The van der Waals surface area contributed by atoms with Crippen LogP contribution in [0.25, 0.3) is 0 Å². The van der Waals surface area contributed by atoms with Gasteiger partial charge in [-0.3, -0.25) is 4.79 Å². The van der Waals surface area contributed by atoms with E-state index >= 15 is 0 Å². The van der Waals surface area contributed by atoms with Crippen LogP contribution in [0.4, 0.5) is 0 Å². The number of hydrogen-bond acceptors (Lipinski definition) is 7. The van der Waals surface area contributed by atoms with Gasteiger partial charge in [0.1, 0.15) is 24.4 Å². The minimum Gasteiger partial charge on any atom is -0.388 e. The molecule has 0 spiro atoms. The van der Waals surface area contributed by atoms with Gasteiger partial charge in [-0.15, -0.1) is 0 Å². The molecule has 0 aromatic carbocycles. The normalized spacial score (nSPS) is 22.7. The summed E-state index contributed by atoms with van der Waals surface area (Å²) in [7, 11) is 4.86. The summed E-state index contributed by atoms with van der Waals surface area (Å²) in [6, 6.07) is -0.619. The predicted molar refractivity (Wildman–Crippen MR) is 183 cm³/mol. The Hall–Kier alpha value is -1.03. The van der Waals surface area contributed by atoms with Crippen molar-refractivity contribution in [3.63, 3.8) is 0 Å². The number of rotatable bonds is 30. The monoisotopic (exact) mass is 642 g/mol. The van der Waals surface area contributed by atoms with Crippen molar-refractivity contribution < 1.29 is 33.6 Å². The largest absolute Gasteiger partial charge is 0.388 e. The molecule has 0 radical (unpaired) electrons. The summed E-state index contributed by atoms with van der Waals surface area (Å²) in [5, 5.41) is 14.2. The molecular weight excluding hydrogens is 570 g/mol. The lowest BCUT2D eigenvalue weighted by Crippen LogP contribution is -2.65. The van der Waals surface area contributed by atoms with Crippen molar-refractivity contribution in [2.24, 2.45) is 0 Å². The maximum atomic E-state index is 13.0. The quantitative estimate of drug-likeness (QED) is 0.0605. The summed E-state index contributed by atoms with van der Waals surface area (Å²) in [5.74, 6) is -0.0695. The molecule has 0 aromatic rings. The molecule has 45 heavy (non-hydrogen) atoms. The third-order valence-electron chi connectivity index (χ3n) is 8.94. The molecule has 0 aliphatic carbocycles. The van der Waals surface area contributed by atoms with E-state index in [4.69, 9.17) is 23.7 Å². The molecule has 8 heteroatoms. The van der Waals surface area contributed by atoms with Crippen molar-refractivity contribution in [2.75, 3.05) is 34.5 Å². The molecule has 1 aliphatic heterocycles. The number of nitrogens with one attached hydrogen (secondary N) is 1. The SMILES string of the molecule is CCCCCC/C=C\CCCCCCCCCC(=O)N[C@H]1C(OC)OC(COC)[C@@H](O)C1OCCC(CCCCCCC)OC. The van der Waals surface area contributed by atoms with Crippen molar-refractivity contribution in [1.29, 1.82) is 0 Å². The topological polar surface area (TPSA) is 95.5 Å². The van der Waals surface area contributed by atoms with E-state index in [1.54, 1.807) is 21.3 Å². The smallest absolute Gasteiger partial charge is 0.220 e. The Morgan fingerprint density at radius 2 is 1.38 bits per heavy atom. The maximum absolute atomic E-state index is 13.0. The second kappa shape index (κ2) is 29.1. The fourth-order valence-corrected chi connectivity index (χ4v) is 6.08. The summed E-state index contributed by atoms with van der Waals surface area (Å²) in [5.41, 5.74) is 0. The molecule has 8 nitrogen and oxygen atoms in total. The molecule has 0 bridgehead atoms. The van der Waals surface area contributed by atoms with Gasteiger partial charge in [0.2, 0.25) is 5.91 Å². The van der Waals surface area contributed by atoms with Crippen molar-refractivity contribution >= 4 is 5.91 Å². The zero-order valence-corrected chi connectivity index (χ0v) is 29.8.